The summed E-state index contributed by atoms with van der Waals surface area (Å²) in [5.74, 6) is -1.19. The van der Waals surface area contributed by atoms with Gasteiger partial charge in [-0.3, -0.25) is 10.1 Å². The van der Waals surface area contributed by atoms with Crippen LogP contribution in [0.25, 0.3) is 0 Å². The fourth-order valence-corrected chi connectivity index (χ4v) is 1.21. The van der Waals surface area contributed by atoms with Crippen molar-refractivity contribution in [3.05, 3.63) is 33.4 Å². The lowest BCUT2D eigenvalue weighted by molar-refractivity contribution is -0.385. The van der Waals surface area contributed by atoms with Crippen LogP contribution in [0.1, 0.15) is 15.9 Å². The Morgan fingerprint density at radius 3 is 2.53 bits per heavy atom. The lowest BCUT2D eigenvalue weighted by Crippen LogP contribution is -2.03. The third kappa shape index (κ3) is 2.04. The first-order chi connectivity index (χ1) is 6.97. The van der Waals surface area contributed by atoms with Crippen LogP contribution in [0.3, 0.4) is 0 Å². The molecule has 0 saturated heterocycles. The minimum Gasteiger partial charge on any atom is -0.496 e. The Labute approximate surface area is 85.2 Å². The number of nitro groups is 1. The Hall–Kier alpha value is -2.11. The molecule has 0 spiro atoms. The Bertz CT molecular complexity index is 427. The first kappa shape index (κ1) is 11.0. The van der Waals surface area contributed by atoms with E-state index in [0.29, 0.717) is 5.56 Å². The van der Waals surface area contributed by atoms with Crippen molar-refractivity contribution in [1.82, 2.24) is 0 Å². The van der Waals surface area contributed by atoms with Crippen molar-refractivity contribution in [1.29, 1.82) is 0 Å². The second kappa shape index (κ2) is 3.95. The summed E-state index contributed by atoms with van der Waals surface area (Å²) >= 11 is 0. The summed E-state index contributed by atoms with van der Waals surface area (Å²) in [6, 6.07) is 2.33. The molecular weight excluding hydrogens is 202 g/mol. The van der Waals surface area contributed by atoms with Gasteiger partial charge in [0.15, 0.2) is 0 Å². The highest BCUT2D eigenvalue weighted by molar-refractivity contribution is 5.91. The van der Waals surface area contributed by atoms with Gasteiger partial charge in [0, 0.05) is 5.56 Å². The lowest BCUT2D eigenvalue weighted by atomic mass is 10.1. The topological polar surface area (TPSA) is 89.7 Å². The minimum absolute atomic E-state index is 0.0141. The number of nitro benzene ring substituents is 1. The molecule has 1 N–H and O–H groups in total. The number of methoxy groups -OCH3 is 1. The van der Waals surface area contributed by atoms with Crippen LogP contribution < -0.4 is 4.74 Å². The molecule has 1 aromatic rings. The third-order valence-electron chi connectivity index (χ3n) is 1.95. The first-order valence-corrected chi connectivity index (χ1v) is 4.03. The zero-order valence-corrected chi connectivity index (χ0v) is 8.18. The van der Waals surface area contributed by atoms with Gasteiger partial charge in [0.05, 0.1) is 18.1 Å². The van der Waals surface area contributed by atoms with Gasteiger partial charge in [-0.15, -0.1) is 0 Å². The molecular formula is C9H9NO5. The Morgan fingerprint density at radius 1 is 1.53 bits per heavy atom. The molecule has 0 amide bonds. The Morgan fingerprint density at radius 2 is 2.13 bits per heavy atom. The van der Waals surface area contributed by atoms with Crippen molar-refractivity contribution in [2.75, 3.05) is 7.11 Å². The van der Waals surface area contributed by atoms with Crippen molar-refractivity contribution in [2.24, 2.45) is 0 Å². The normalized spacial score (nSPS) is 9.73. The van der Waals surface area contributed by atoms with E-state index in [1.54, 1.807) is 0 Å². The molecule has 80 valence electrons. The summed E-state index contributed by atoms with van der Waals surface area (Å²) in [4.78, 5) is 20.8. The standard InChI is InChI=1S/C9H9NO5/c1-5-3-6(9(11)12)8(15-2)4-7(5)10(13)14/h3-4H,1-2H3,(H,11,12). The molecule has 6 nitrogen and oxygen atoms in total. The van der Waals surface area contributed by atoms with Crippen LogP contribution in [0.15, 0.2) is 12.1 Å². The number of carboxylic acid groups (broad SMARTS) is 1. The maximum atomic E-state index is 10.8. The number of hydrogen-bond donors (Lipinski definition) is 1. The van der Waals surface area contributed by atoms with Crippen molar-refractivity contribution in [3.63, 3.8) is 0 Å². The van der Waals surface area contributed by atoms with E-state index in [0.717, 1.165) is 6.07 Å². The fourth-order valence-electron chi connectivity index (χ4n) is 1.21. The fraction of sp³-hybridized carbons (Fsp3) is 0.222. The molecule has 0 aliphatic rings. The molecule has 1 aromatic carbocycles. The largest absolute Gasteiger partial charge is 0.496 e. The van der Waals surface area contributed by atoms with E-state index < -0.39 is 10.9 Å². The molecule has 0 unspecified atom stereocenters. The van der Waals surface area contributed by atoms with E-state index in [1.807, 2.05) is 0 Å². The van der Waals surface area contributed by atoms with Crippen LogP contribution in [0.4, 0.5) is 5.69 Å². The maximum absolute atomic E-state index is 10.8. The molecule has 0 aliphatic carbocycles. The Balaban J connectivity index is 3.42. The molecule has 0 atom stereocenters. The van der Waals surface area contributed by atoms with Crippen molar-refractivity contribution < 1.29 is 19.6 Å². The minimum atomic E-state index is -1.18. The zero-order chi connectivity index (χ0) is 11.6. The highest BCUT2D eigenvalue weighted by Gasteiger charge is 2.19. The van der Waals surface area contributed by atoms with Gasteiger partial charge in [-0.1, -0.05) is 0 Å². The van der Waals surface area contributed by atoms with Gasteiger partial charge in [-0.25, -0.2) is 4.79 Å². The number of aromatic carboxylic acids is 1. The van der Waals surface area contributed by atoms with Crippen LogP contribution in [-0.2, 0) is 0 Å². The van der Waals surface area contributed by atoms with Gasteiger partial charge < -0.3 is 9.84 Å². The highest BCUT2D eigenvalue weighted by atomic mass is 16.6. The maximum Gasteiger partial charge on any atom is 0.339 e. The van der Waals surface area contributed by atoms with Gasteiger partial charge >= 0.3 is 5.97 Å². The summed E-state index contributed by atoms with van der Waals surface area (Å²) in [5, 5.41) is 19.4. The number of carbonyl (C=O) groups is 1. The van der Waals surface area contributed by atoms with Crippen molar-refractivity contribution in [3.8, 4) is 5.75 Å². The number of aryl methyl sites for hydroxylation is 1. The lowest BCUT2D eigenvalue weighted by Gasteiger charge is -2.06. The number of rotatable bonds is 3. The zero-order valence-electron chi connectivity index (χ0n) is 8.18. The average molecular weight is 211 g/mol. The number of carboxylic acids is 1. The number of nitrogens with zero attached hydrogens (tertiary/aromatic N) is 1. The van der Waals surface area contributed by atoms with Crippen LogP contribution in [0.2, 0.25) is 0 Å². The van der Waals surface area contributed by atoms with Gasteiger partial charge in [0.2, 0.25) is 0 Å². The van der Waals surface area contributed by atoms with Crippen LogP contribution in [-0.4, -0.2) is 23.1 Å². The van der Waals surface area contributed by atoms with Crippen LogP contribution in [0.5, 0.6) is 5.75 Å². The van der Waals surface area contributed by atoms with Gasteiger partial charge in [-0.05, 0) is 13.0 Å². The van der Waals surface area contributed by atoms with E-state index in [4.69, 9.17) is 9.84 Å². The summed E-state index contributed by atoms with van der Waals surface area (Å²) < 4.78 is 4.77. The van der Waals surface area contributed by atoms with E-state index in [1.165, 1.54) is 20.1 Å². The average Bonchev–Trinajstić information content (AvgIpc) is 2.16. The molecule has 0 aromatic heterocycles. The van der Waals surface area contributed by atoms with E-state index in [9.17, 15) is 14.9 Å². The number of hydrogen-bond acceptors (Lipinski definition) is 4. The molecule has 0 radical (unpaired) electrons. The van der Waals surface area contributed by atoms with Crippen LogP contribution in [0, 0.1) is 17.0 Å². The molecule has 6 heteroatoms. The van der Waals surface area contributed by atoms with E-state index >= 15 is 0 Å². The summed E-state index contributed by atoms with van der Waals surface area (Å²) in [6.07, 6.45) is 0. The van der Waals surface area contributed by atoms with Crippen molar-refractivity contribution in [2.45, 2.75) is 6.92 Å². The third-order valence-corrected chi connectivity index (χ3v) is 1.95. The summed E-state index contributed by atoms with van der Waals surface area (Å²) in [7, 11) is 1.26. The Kier molecular flexibility index (Phi) is 2.89. The monoisotopic (exact) mass is 211 g/mol. The smallest absolute Gasteiger partial charge is 0.339 e. The molecule has 0 aliphatic heterocycles. The first-order valence-electron chi connectivity index (χ1n) is 4.03. The van der Waals surface area contributed by atoms with Crippen molar-refractivity contribution >= 4 is 11.7 Å². The van der Waals surface area contributed by atoms with Crippen LogP contribution >= 0.6 is 0 Å². The van der Waals surface area contributed by atoms with E-state index in [-0.39, 0.29) is 17.0 Å². The molecule has 0 fully saturated rings. The van der Waals surface area contributed by atoms with E-state index in [2.05, 4.69) is 0 Å². The second-order valence-corrected chi connectivity index (χ2v) is 2.90. The molecule has 0 bridgehead atoms. The number of ether oxygens (including phenoxy) is 1. The summed E-state index contributed by atoms with van der Waals surface area (Å²) in [5.41, 5.74) is 0.0515. The number of benzene rings is 1. The quantitative estimate of drug-likeness (QED) is 0.605. The van der Waals surface area contributed by atoms with Gasteiger partial charge in [-0.2, -0.15) is 0 Å². The highest BCUT2D eigenvalue weighted by Crippen LogP contribution is 2.28. The molecule has 1 rings (SSSR count). The van der Waals surface area contributed by atoms with Gasteiger partial charge in [0.25, 0.3) is 5.69 Å². The molecule has 15 heavy (non-hydrogen) atoms. The predicted molar refractivity (Wildman–Crippen MR) is 51.3 cm³/mol. The predicted octanol–water partition coefficient (Wildman–Crippen LogP) is 1.61. The molecule has 0 heterocycles. The molecule has 0 saturated carbocycles. The summed E-state index contributed by atoms with van der Waals surface area (Å²) in [6.45, 7) is 1.48. The SMILES string of the molecule is COc1cc([N+](=O)[O-])c(C)cc1C(=O)O. The van der Waals surface area contributed by atoms with Gasteiger partial charge in [0.1, 0.15) is 11.3 Å². The second-order valence-electron chi connectivity index (χ2n) is 2.90.